The normalized spacial score (nSPS) is 19.8. The lowest BCUT2D eigenvalue weighted by Crippen LogP contribution is -2.45. The summed E-state index contributed by atoms with van der Waals surface area (Å²) in [5.41, 5.74) is 0.989. The molecule has 1 N–H and O–H groups in total. The number of aromatic nitrogens is 1. The van der Waals surface area contributed by atoms with E-state index in [2.05, 4.69) is 4.98 Å². The van der Waals surface area contributed by atoms with Crippen LogP contribution in [0.2, 0.25) is 0 Å². The van der Waals surface area contributed by atoms with Gasteiger partial charge in [-0.05, 0) is 46.1 Å². The van der Waals surface area contributed by atoms with Gasteiger partial charge in [0.25, 0.3) is 0 Å². The molecule has 0 radical (unpaired) electrons. The molecule has 2 aliphatic rings. The summed E-state index contributed by atoms with van der Waals surface area (Å²) in [4.78, 5) is 54.8. The van der Waals surface area contributed by atoms with Crippen LogP contribution in [0.4, 0.5) is 0 Å². The van der Waals surface area contributed by atoms with Crippen molar-refractivity contribution in [3.63, 3.8) is 0 Å². The largest absolute Gasteiger partial charge is 0.462 e. The van der Waals surface area contributed by atoms with Crippen molar-refractivity contribution in [3.05, 3.63) is 22.5 Å². The highest BCUT2D eigenvalue weighted by Crippen LogP contribution is 2.47. The number of Topliss-reactive ketones (excluding diaryl/α,β-unsaturated/α-hetero) is 1. The van der Waals surface area contributed by atoms with Crippen LogP contribution in [0.25, 0.3) is 0 Å². The molecule has 1 saturated heterocycles. The molecule has 7 nitrogen and oxygen atoms in total. The van der Waals surface area contributed by atoms with Crippen molar-refractivity contribution < 1.29 is 23.9 Å². The van der Waals surface area contributed by atoms with E-state index >= 15 is 0 Å². The van der Waals surface area contributed by atoms with Crippen LogP contribution >= 0.6 is 0 Å². The lowest BCUT2D eigenvalue weighted by molar-refractivity contribution is -0.142. The Morgan fingerprint density at radius 1 is 1.22 bits per heavy atom. The van der Waals surface area contributed by atoms with E-state index < -0.39 is 17.4 Å². The molecule has 1 aliphatic carbocycles. The Balaban J connectivity index is 1.88. The molecule has 1 aromatic heterocycles. The van der Waals surface area contributed by atoms with Crippen LogP contribution in [0, 0.1) is 19.3 Å². The maximum atomic E-state index is 13.1. The number of ether oxygens (including phenoxy) is 1. The second kappa shape index (κ2) is 6.94. The first-order chi connectivity index (χ1) is 12.7. The van der Waals surface area contributed by atoms with Crippen LogP contribution in [-0.4, -0.2) is 46.1 Å². The molecule has 2 fully saturated rings. The predicted octanol–water partition coefficient (Wildman–Crippen LogP) is 2.70. The first-order valence-corrected chi connectivity index (χ1v) is 9.50. The van der Waals surface area contributed by atoms with Gasteiger partial charge in [0.15, 0.2) is 0 Å². The predicted molar refractivity (Wildman–Crippen MR) is 97.4 cm³/mol. The Hall–Kier alpha value is -2.44. The van der Waals surface area contributed by atoms with Gasteiger partial charge in [-0.2, -0.15) is 0 Å². The van der Waals surface area contributed by atoms with E-state index in [0.29, 0.717) is 29.7 Å². The Morgan fingerprint density at radius 3 is 2.44 bits per heavy atom. The van der Waals surface area contributed by atoms with Crippen LogP contribution in [0.15, 0.2) is 0 Å². The third-order valence-corrected chi connectivity index (χ3v) is 5.92. The molecule has 1 spiro atoms. The minimum absolute atomic E-state index is 0.195. The minimum Gasteiger partial charge on any atom is -0.462 e. The molecule has 1 aromatic rings. The zero-order chi connectivity index (χ0) is 19.9. The van der Waals surface area contributed by atoms with Gasteiger partial charge >= 0.3 is 5.97 Å². The number of hydrogen-bond acceptors (Lipinski definition) is 5. The van der Waals surface area contributed by atoms with Crippen molar-refractivity contribution in [2.45, 2.75) is 65.8 Å². The first kappa shape index (κ1) is 19.3. The van der Waals surface area contributed by atoms with Crippen LogP contribution in [0.3, 0.4) is 0 Å². The summed E-state index contributed by atoms with van der Waals surface area (Å²) in [5.74, 6) is -1.37. The molecule has 0 aromatic carbocycles. The molecule has 7 heteroatoms. The van der Waals surface area contributed by atoms with E-state index in [1.807, 2.05) is 0 Å². The number of rotatable bonds is 5. The minimum atomic E-state index is -0.906. The van der Waals surface area contributed by atoms with E-state index in [4.69, 9.17) is 4.74 Å². The number of likely N-dealkylation sites (tertiary alicyclic amines) is 1. The number of ketones is 1. The van der Waals surface area contributed by atoms with Crippen molar-refractivity contribution in [2.75, 3.05) is 6.61 Å². The molecule has 3 rings (SSSR count). The molecule has 1 saturated carbocycles. The standard InChI is InChI=1S/C20H26N2O5/c1-5-27-18(25)15-11(2)16(21-12(15)3)17(24)13(4)22-14(23)10-20(19(22)26)8-6-7-9-20/h13,21H,5-10H2,1-4H3/t13-/m0/s1. The van der Waals surface area contributed by atoms with Crippen LogP contribution in [-0.2, 0) is 14.3 Å². The van der Waals surface area contributed by atoms with Gasteiger partial charge in [-0.25, -0.2) is 4.79 Å². The molecule has 2 amide bonds. The first-order valence-electron chi connectivity index (χ1n) is 9.50. The highest BCUT2D eigenvalue weighted by molar-refractivity contribution is 6.12. The second-order valence-electron chi connectivity index (χ2n) is 7.62. The van der Waals surface area contributed by atoms with Gasteiger partial charge in [0.2, 0.25) is 17.6 Å². The third-order valence-electron chi connectivity index (χ3n) is 5.92. The summed E-state index contributed by atoms with van der Waals surface area (Å²) in [6, 6.07) is -0.906. The zero-order valence-electron chi connectivity index (χ0n) is 16.3. The third kappa shape index (κ3) is 2.99. The van der Waals surface area contributed by atoms with Crippen LogP contribution in [0.1, 0.15) is 78.1 Å². The van der Waals surface area contributed by atoms with E-state index in [1.165, 1.54) is 0 Å². The molecule has 27 heavy (non-hydrogen) atoms. The SMILES string of the molecule is CCOC(=O)c1c(C)[nH]c(C(=O)[C@H](C)N2C(=O)CC3(CCCC3)C2=O)c1C. The van der Waals surface area contributed by atoms with Gasteiger partial charge in [0.05, 0.1) is 23.3 Å². The fourth-order valence-electron chi connectivity index (χ4n) is 4.49. The number of H-pyrrole nitrogens is 1. The van der Waals surface area contributed by atoms with Gasteiger partial charge in [-0.15, -0.1) is 0 Å². The smallest absolute Gasteiger partial charge is 0.340 e. The number of aromatic amines is 1. The Morgan fingerprint density at radius 2 is 1.85 bits per heavy atom. The van der Waals surface area contributed by atoms with Crippen LogP contribution < -0.4 is 0 Å². The van der Waals surface area contributed by atoms with Crippen molar-refractivity contribution in [2.24, 2.45) is 5.41 Å². The van der Waals surface area contributed by atoms with Crippen molar-refractivity contribution in [3.8, 4) is 0 Å². The van der Waals surface area contributed by atoms with Gasteiger partial charge < -0.3 is 9.72 Å². The van der Waals surface area contributed by atoms with E-state index in [0.717, 1.165) is 17.7 Å². The van der Waals surface area contributed by atoms with Crippen molar-refractivity contribution in [1.29, 1.82) is 0 Å². The molecule has 1 atom stereocenters. The molecule has 2 heterocycles. The maximum absolute atomic E-state index is 13.1. The number of imide groups is 1. The molecule has 1 aliphatic heterocycles. The summed E-state index contributed by atoms with van der Waals surface area (Å²) in [7, 11) is 0. The molecular weight excluding hydrogens is 348 g/mol. The van der Waals surface area contributed by atoms with Crippen LogP contribution in [0.5, 0.6) is 0 Å². The van der Waals surface area contributed by atoms with Crippen molar-refractivity contribution in [1.82, 2.24) is 9.88 Å². The summed E-state index contributed by atoms with van der Waals surface area (Å²) in [6.07, 6.45) is 3.49. The molecule has 0 unspecified atom stereocenters. The summed E-state index contributed by atoms with van der Waals surface area (Å²) in [5, 5.41) is 0. The van der Waals surface area contributed by atoms with Gasteiger partial charge in [-0.1, -0.05) is 12.8 Å². The van der Waals surface area contributed by atoms with Gasteiger partial charge in [0.1, 0.15) is 6.04 Å². The lowest BCUT2D eigenvalue weighted by Gasteiger charge is -2.25. The highest BCUT2D eigenvalue weighted by Gasteiger charge is 2.54. The fraction of sp³-hybridized carbons (Fsp3) is 0.600. The summed E-state index contributed by atoms with van der Waals surface area (Å²) >= 11 is 0. The van der Waals surface area contributed by atoms with Crippen molar-refractivity contribution >= 4 is 23.6 Å². The maximum Gasteiger partial charge on any atom is 0.340 e. The number of esters is 1. The molecular formula is C20H26N2O5. The van der Waals surface area contributed by atoms with E-state index in [9.17, 15) is 19.2 Å². The fourth-order valence-corrected chi connectivity index (χ4v) is 4.49. The average molecular weight is 374 g/mol. The quantitative estimate of drug-likeness (QED) is 0.486. The van der Waals surface area contributed by atoms with Gasteiger partial charge in [0, 0.05) is 12.1 Å². The Kier molecular flexibility index (Phi) is 4.97. The number of nitrogens with one attached hydrogen (secondary N) is 1. The molecule has 146 valence electrons. The van der Waals surface area contributed by atoms with E-state index in [-0.39, 0.29) is 36.3 Å². The zero-order valence-corrected chi connectivity index (χ0v) is 16.3. The topological polar surface area (TPSA) is 96.5 Å². The second-order valence-corrected chi connectivity index (χ2v) is 7.62. The average Bonchev–Trinajstić information content (AvgIpc) is 3.25. The highest BCUT2D eigenvalue weighted by atomic mass is 16.5. The number of amides is 2. The number of carbonyl (C=O) groups excluding carboxylic acids is 4. The Bertz CT molecular complexity index is 817. The number of aryl methyl sites for hydroxylation is 1. The number of hydrogen-bond donors (Lipinski definition) is 1. The number of carbonyl (C=O) groups is 4. The monoisotopic (exact) mass is 374 g/mol. The Labute approximate surface area is 158 Å². The molecule has 0 bridgehead atoms. The number of nitrogens with zero attached hydrogens (tertiary/aromatic N) is 1. The van der Waals surface area contributed by atoms with E-state index in [1.54, 1.807) is 27.7 Å². The lowest BCUT2D eigenvalue weighted by atomic mass is 9.84. The summed E-state index contributed by atoms with van der Waals surface area (Å²) < 4.78 is 5.05. The van der Waals surface area contributed by atoms with Gasteiger partial charge in [-0.3, -0.25) is 19.3 Å². The summed E-state index contributed by atoms with van der Waals surface area (Å²) in [6.45, 7) is 6.89.